The van der Waals surface area contributed by atoms with Gasteiger partial charge < -0.3 is 14.8 Å². The molecule has 3 aromatic carbocycles. The van der Waals surface area contributed by atoms with Gasteiger partial charge in [-0.05, 0) is 69.4 Å². The van der Waals surface area contributed by atoms with E-state index < -0.39 is 0 Å². The average molecular weight is 796 g/mol. The molecular formula is C52H81N3O3. The van der Waals surface area contributed by atoms with Crippen molar-refractivity contribution in [3.05, 3.63) is 141 Å². The highest BCUT2D eigenvalue weighted by Gasteiger charge is 2.37. The zero-order valence-corrected chi connectivity index (χ0v) is 39.8. The Morgan fingerprint density at radius 1 is 0.534 bits per heavy atom. The zero-order chi connectivity index (χ0) is 44.9. The van der Waals surface area contributed by atoms with E-state index in [-0.39, 0.29) is 17.4 Å². The van der Waals surface area contributed by atoms with Gasteiger partial charge in [0, 0.05) is 49.6 Å². The van der Waals surface area contributed by atoms with E-state index in [1.165, 1.54) is 34.6 Å². The minimum Gasteiger partial charge on any atom is -0.348 e. The molecule has 1 aliphatic carbocycles. The molecule has 0 radical (unpaired) electrons. The molecule has 3 aliphatic rings. The van der Waals surface area contributed by atoms with Crippen molar-refractivity contribution < 1.29 is 9.59 Å². The lowest BCUT2D eigenvalue weighted by Gasteiger charge is -2.18. The van der Waals surface area contributed by atoms with E-state index in [0.717, 1.165) is 23.2 Å². The number of carbonyl (C=O) groups is 2. The SMILES string of the molecule is CC.CC(C)(C)C.CC(C)(C)C.CC(C)(C)C.CC(C)(C)c1ccccc1.Cn1ccccc1=O.O=C1NCc2ccccc21.O=C1c2ccccc2CN1C1CC1. The number of carbonyl (C=O) groups excluding carboxylic acids is 2. The number of aromatic nitrogens is 1. The van der Waals surface area contributed by atoms with Gasteiger partial charge in [-0.2, -0.15) is 0 Å². The topological polar surface area (TPSA) is 71.4 Å². The standard InChI is InChI=1S/C11H11NO.C10H14.C8H7NO.C6H7NO.3C5H12.C2H6/c13-11-10-4-2-1-3-8(10)7-12(11)9-5-6-9;1-10(2,3)9-7-5-4-6-8-9;10-8-7-4-2-1-3-6(7)5-9-8;1-7-5-3-2-4-6(7)8;3*1-5(2,3)4;1-2/h1-4,9H,5-7H2;4-8H,1-3H3;1-4H,5H2,(H,9,10);2-5H,1H3;3*1-4H3;1-2H3. The van der Waals surface area contributed by atoms with E-state index in [9.17, 15) is 14.4 Å². The fraction of sp³-hybridized carbons (Fsp3) is 0.519. The summed E-state index contributed by atoms with van der Waals surface area (Å²) >= 11 is 0. The number of nitrogens with zero attached hydrogens (tertiary/aromatic N) is 2. The van der Waals surface area contributed by atoms with Crippen LogP contribution in [0.3, 0.4) is 0 Å². The Kier molecular flexibility index (Phi) is 23.2. The summed E-state index contributed by atoms with van der Waals surface area (Å²) in [6.45, 7) is 38.4. The molecule has 2 amide bonds. The van der Waals surface area contributed by atoms with Crippen molar-refractivity contribution in [1.82, 2.24) is 14.8 Å². The normalized spacial score (nSPS) is 13.6. The summed E-state index contributed by atoms with van der Waals surface area (Å²) in [4.78, 5) is 35.3. The molecule has 0 spiro atoms. The van der Waals surface area contributed by atoms with E-state index in [1.54, 1.807) is 19.3 Å². The molecule has 1 aromatic heterocycles. The molecule has 3 heterocycles. The van der Waals surface area contributed by atoms with Crippen LogP contribution >= 0.6 is 0 Å². The summed E-state index contributed by atoms with van der Waals surface area (Å²) in [5.74, 6) is 0.286. The molecule has 0 bridgehead atoms. The van der Waals surface area contributed by atoms with E-state index >= 15 is 0 Å². The number of pyridine rings is 1. The predicted octanol–water partition coefficient (Wildman–Crippen LogP) is 13.3. The van der Waals surface area contributed by atoms with E-state index in [0.29, 0.717) is 34.2 Å². The first-order valence-electron chi connectivity index (χ1n) is 21.1. The predicted molar refractivity (Wildman–Crippen MR) is 251 cm³/mol. The number of nitrogens with one attached hydrogen (secondary N) is 1. The number of fused-ring (bicyclic) bond motifs is 2. The van der Waals surface area contributed by atoms with Gasteiger partial charge in [0.25, 0.3) is 11.8 Å². The quantitative estimate of drug-likeness (QED) is 0.209. The van der Waals surface area contributed by atoms with Crippen LogP contribution in [0.25, 0.3) is 0 Å². The maximum Gasteiger partial charge on any atom is 0.254 e. The van der Waals surface area contributed by atoms with Crippen LogP contribution in [-0.2, 0) is 25.6 Å². The molecule has 58 heavy (non-hydrogen) atoms. The maximum absolute atomic E-state index is 11.8. The second-order valence-corrected chi connectivity index (χ2v) is 20.4. The summed E-state index contributed by atoms with van der Waals surface area (Å²) in [5, 5.41) is 2.75. The van der Waals surface area contributed by atoms with Gasteiger partial charge in [0.2, 0.25) is 5.56 Å². The minimum atomic E-state index is 0.0347. The van der Waals surface area contributed by atoms with Gasteiger partial charge in [0.1, 0.15) is 0 Å². The Morgan fingerprint density at radius 2 is 0.948 bits per heavy atom. The van der Waals surface area contributed by atoms with E-state index in [4.69, 9.17) is 0 Å². The maximum atomic E-state index is 11.8. The second-order valence-electron chi connectivity index (χ2n) is 20.4. The van der Waals surface area contributed by atoms with Crippen molar-refractivity contribution in [2.75, 3.05) is 0 Å². The molecule has 4 aromatic rings. The highest BCUT2D eigenvalue weighted by atomic mass is 16.2. The molecule has 0 saturated heterocycles. The van der Waals surface area contributed by atoms with Crippen molar-refractivity contribution >= 4 is 11.8 Å². The van der Waals surface area contributed by atoms with Crippen LogP contribution in [0.5, 0.6) is 0 Å². The second kappa shape index (κ2) is 25.1. The Morgan fingerprint density at radius 3 is 1.31 bits per heavy atom. The van der Waals surface area contributed by atoms with Crippen molar-refractivity contribution in [2.24, 2.45) is 23.3 Å². The molecule has 0 unspecified atom stereocenters. The van der Waals surface area contributed by atoms with Crippen LogP contribution in [0.2, 0.25) is 0 Å². The van der Waals surface area contributed by atoms with Crippen LogP contribution in [0, 0.1) is 16.2 Å². The Labute approximate surface area is 354 Å². The third-order valence-corrected chi connectivity index (χ3v) is 7.19. The first-order chi connectivity index (χ1) is 26.6. The first-order valence-corrected chi connectivity index (χ1v) is 21.1. The molecule has 6 heteroatoms. The number of amides is 2. The molecular weight excluding hydrogens is 715 g/mol. The molecule has 322 valence electrons. The Hall–Kier alpha value is -4.45. The number of hydrogen-bond donors (Lipinski definition) is 1. The third kappa shape index (κ3) is 26.5. The summed E-state index contributed by atoms with van der Waals surface area (Å²) in [6.07, 6.45) is 4.11. The van der Waals surface area contributed by atoms with Crippen LogP contribution in [0.1, 0.15) is 168 Å². The van der Waals surface area contributed by atoms with Crippen LogP contribution in [0.4, 0.5) is 0 Å². The molecule has 6 nitrogen and oxygen atoms in total. The number of benzene rings is 3. The summed E-state index contributed by atoms with van der Waals surface area (Å²) < 4.78 is 1.53. The van der Waals surface area contributed by atoms with Crippen molar-refractivity contribution in [3.63, 3.8) is 0 Å². The van der Waals surface area contributed by atoms with Gasteiger partial charge in [-0.3, -0.25) is 14.4 Å². The molecule has 1 saturated carbocycles. The zero-order valence-electron chi connectivity index (χ0n) is 39.8. The van der Waals surface area contributed by atoms with Gasteiger partial charge in [-0.25, -0.2) is 0 Å². The van der Waals surface area contributed by atoms with Crippen LogP contribution in [0.15, 0.2) is 108 Å². The Bertz CT molecular complexity index is 1760. The molecule has 1 N–H and O–H groups in total. The number of hydrogen-bond acceptors (Lipinski definition) is 3. The average Bonchev–Trinajstić information content (AvgIpc) is 3.81. The van der Waals surface area contributed by atoms with Gasteiger partial charge in [-0.1, -0.05) is 190 Å². The summed E-state index contributed by atoms with van der Waals surface area (Å²) in [6, 6.07) is 31.7. The van der Waals surface area contributed by atoms with Gasteiger partial charge in [0.05, 0.1) is 0 Å². The summed E-state index contributed by atoms with van der Waals surface area (Å²) in [7, 11) is 1.72. The minimum absolute atomic E-state index is 0.0347. The van der Waals surface area contributed by atoms with Gasteiger partial charge in [-0.15, -0.1) is 0 Å². The van der Waals surface area contributed by atoms with Crippen LogP contribution < -0.4 is 10.9 Å². The van der Waals surface area contributed by atoms with Crippen LogP contribution in [-0.4, -0.2) is 27.3 Å². The van der Waals surface area contributed by atoms with Crippen molar-refractivity contribution in [1.29, 1.82) is 0 Å². The molecule has 1 fully saturated rings. The number of rotatable bonds is 1. The van der Waals surface area contributed by atoms with E-state index in [1.807, 2.05) is 67.3 Å². The first kappa shape index (κ1) is 53.5. The highest BCUT2D eigenvalue weighted by molar-refractivity contribution is 5.99. The fourth-order valence-electron chi connectivity index (χ4n) is 4.57. The number of aryl methyl sites for hydroxylation is 1. The fourth-order valence-corrected chi connectivity index (χ4v) is 4.57. The lowest BCUT2D eigenvalue weighted by atomic mass is 9.87. The largest absolute Gasteiger partial charge is 0.348 e. The molecule has 0 atom stereocenters. The Balaban J connectivity index is 0.000000670. The van der Waals surface area contributed by atoms with Gasteiger partial charge in [0.15, 0.2) is 0 Å². The summed E-state index contributed by atoms with van der Waals surface area (Å²) in [5.41, 5.74) is 7.26. The third-order valence-electron chi connectivity index (χ3n) is 7.19. The lowest BCUT2D eigenvalue weighted by Crippen LogP contribution is -2.25. The lowest BCUT2D eigenvalue weighted by molar-refractivity contribution is 0.0766. The van der Waals surface area contributed by atoms with E-state index in [2.05, 4.69) is 146 Å². The van der Waals surface area contributed by atoms with Crippen molar-refractivity contribution in [3.8, 4) is 0 Å². The van der Waals surface area contributed by atoms with Crippen molar-refractivity contribution in [2.45, 2.75) is 155 Å². The van der Waals surface area contributed by atoms with Gasteiger partial charge >= 0.3 is 0 Å². The molecule has 7 rings (SSSR count). The molecule has 2 aliphatic heterocycles. The smallest absolute Gasteiger partial charge is 0.254 e. The highest BCUT2D eigenvalue weighted by Crippen LogP contribution is 2.34. The monoisotopic (exact) mass is 796 g/mol.